The smallest absolute Gasteiger partial charge is 0.225 e. The summed E-state index contributed by atoms with van der Waals surface area (Å²) in [6.07, 6.45) is 2.16. The Morgan fingerprint density at radius 1 is 1.04 bits per heavy atom. The van der Waals surface area contributed by atoms with Gasteiger partial charge in [0, 0.05) is 18.0 Å². The third-order valence-corrected chi connectivity index (χ3v) is 4.94. The Hall–Kier alpha value is -1.65. The van der Waals surface area contributed by atoms with Gasteiger partial charge in [0.25, 0.3) is 0 Å². The second-order valence-electron chi connectivity index (χ2n) is 5.50. The number of nitrogens with zero attached hydrogens (tertiary/aromatic N) is 3. The number of anilines is 1. The molecule has 0 saturated heterocycles. The minimum absolute atomic E-state index is 0.325. The number of hydrogen-bond acceptors (Lipinski definition) is 4. The van der Waals surface area contributed by atoms with Gasteiger partial charge in [-0.25, -0.2) is 4.98 Å². The first-order valence-corrected chi connectivity index (χ1v) is 9.19. The highest BCUT2D eigenvalue weighted by atomic mass is 35.5. The normalized spacial score (nSPS) is 11.1. The van der Waals surface area contributed by atoms with E-state index in [1.54, 1.807) is 11.3 Å². The zero-order valence-electron chi connectivity index (χ0n) is 13.4. The number of aromatic nitrogens is 2. The van der Waals surface area contributed by atoms with E-state index in [1.165, 1.54) is 10.4 Å². The number of rotatable bonds is 6. The predicted molar refractivity (Wildman–Crippen MR) is 101 cm³/mol. The van der Waals surface area contributed by atoms with Crippen LogP contribution in [0.15, 0.2) is 36.4 Å². The van der Waals surface area contributed by atoms with Gasteiger partial charge in [0.05, 0.1) is 5.39 Å². The number of fused-ring (bicyclic) bond motifs is 1. The van der Waals surface area contributed by atoms with Crippen molar-refractivity contribution < 1.29 is 0 Å². The molecular formula is C18H20ClN3S. The highest BCUT2D eigenvalue weighted by molar-refractivity contribution is 7.22. The number of thiophene rings is 1. The lowest BCUT2D eigenvalue weighted by molar-refractivity contribution is 0.736. The van der Waals surface area contributed by atoms with Crippen LogP contribution in [0.4, 0.5) is 5.82 Å². The van der Waals surface area contributed by atoms with Crippen molar-refractivity contribution in [2.24, 2.45) is 0 Å². The minimum atomic E-state index is 0.325. The van der Waals surface area contributed by atoms with Gasteiger partial charge >= 0.3 is 0 Å². The molecule has 3 aromatic rings. The summed E-state index contributed by atoms with van der Waals surface area (Å²) in [6, 6.07) is 12.6. The van der Waals surface area contributed by atoms with Crippen LogP contribution in [-0.4, -0.2) is 23.1 Å². The van der Waals surface area contributed by atoms with E-state index in [0.717, 1.165) is 42.0 Å². The fourth-order valence-corrected chi connectivity index (χ4v) is 3.98. The summed E-state index contributed by atoms with van der Waals surface area (Å²) in [7, 11) is 0. The lowest BCUT2D eigenvalue weighted by Crippen LogP contribution is -2.26. The molecule has 3 nitrogen and oxygen atoms in total. The Morgan fingerprint density at radius 3 is 2.39 bits per heavy atom. The van der Waals surface area contributed by atoms with Crippen LogP contribution in [-0.2, 0) is 0 Å². The van der Waals surface area contributed by atoms with Crippen LogP contribution in [0, 0.1) is 0 Å². The third-order valence-electron chi connectivity index (χ3n) is 3.69. The number of hydrogen-bond donors (Lipinski definition) is 0. The van der Waals surface area contributed by atoms with Crippen molar-refractivity contribution in [3.63, 3.8) is 0 Å². The van der Waals surface area contributed by atoms with Crippen LogP contribution in [0.1, 0.15) is 26.7 Å². The average molecular weight is 346 g/mol. The molecule has 0 unspecified atom stereocenters. The van der Waals surface area contributed by atoms with Gasteiger partial charge in [0.2, 0.25) is 5.28 Å². The summed E-state index contributed by atoms with van der Waals surface area (Å²) < 4.78 is 0. The Balaban J connectivity index is 2.12. The van der Waals surface area contributed by atoms with Gasteiger partial charge in [-0.05, 0) is 36.1 Å². The molecule has 0 atom stereocenters. The molecule has 5 heteroatoms. The molecule has 0 aliphatic rings. The predicted octanol–water partition coefficient (Wildman–Crippen LogP) is 5.64. The fraction of sp³-hybridized carbons (Fsp3) is 0.333. The maximum absolute atomic E-state index is 6.18. The molecule has 0 radical (unpaired) electrons. The van der Waals surface area contributed by atoms with Crippen LogP contribution in [0.5, 0.6) is 0 Å². The zero-order chi connectivity index (χ0) is 16.2. The highest BCUT2D eigenvalue weighted by Gasteiger charge is 2.16. The SMILES string of the molecule is CCCN(CCC)c1nc(Cl)nc2sc(-c3ccccc3)cc12. The Morgan fingerprint density at radius 2 is 1.74 bits per heavy atom. The fourth-order valence-electron chi connectivity index (χ4n) is 2.73. The molecule has 0 bridgehead atoms. The van der Waals surface area contributed by atoms with E-state index >= 15 is 0 Å². The largest absolute Gasteiger partial charge is 0.356 e. The molecule has 23 heavy (non-hydrogen) atoms. The van der Waals surface area contributed by atoms with E-state index < -0.39 is 0 Å². The van der Waals surface area contributed by atoms with E-state index in [9.17, 15) is 0 Å². The molecule has 0 N–H and O–H groups in total. The quantitative estimate of drug-likeness (QED) is 0.541. The maximum atomic E-state index is 6.18. The first-order valence-electron chi connectivity index (χ1n) is 8.00. The van der Waals surface area contributed by atoms with Crippen molar-refractivity contribution in [2.45, 2.75) is 26.7 Å². The molecule has 2 heterocycles. The van der Waals surface area contributed by atoms with Crippen LogP contribution in [0.2, 0.25) is 5.28 Å². The number of benzene rings is 1. The van der Waals surface area contributed by atoms with Crippen molar-refractivity contribution in [3.8, 4) is 10.4 Å². The Labute approximate surface area is 146 Å². The molecule has 0 fully saturated rings. The molecule has 2 aromatic heterocycles. The summed E-state index contributed by atoms with van der Waals surface area (Å²) >= 11 is 7.85. The molecule has 0 amide bonds. The second-order valence-corrected chi connectivity index (χ2v) is 6.87. The molecular weight excluding hydrogens is 326 g/mol. The summed E-state index contributed by atoms with van der Waals surface area (Å²) in [5, 5.41) is 1.42. The van der Waals surface area contributed by atoms with Crippen molar-refractivity contribution in [2.75, 3.05) is 18.0 Å². The van der Waals surface area contributed by atoms with Crippen molar-refractivity contribution in [1.29, 1.82) is 0 Å². The van der Waals surface area contributed by atoms with E-state index in [-0.39, 0.29) is 0 Å². The summed E-state index contributed by atoms with van der Waals surface area (Å²) in [4.78, 5) is 13.4. The van der Waals surface area contributed by atoms with Crippen molar-refractivity contribution >= 4 is 39.0 Å². The molecule has 3 rings (SSSR count). The van der Waals surface area contributed by atoms with Gasteiger partial charge in [0.15, 0.2) is 0 Å². The van der Waals surface area contributed by atoms with Gasteiger partial charge in [-0.1, -0.05) is 44.2 Å². The molecule has 1 aromatic carbocycles. The topological polar surface area (TPSA) is 29.0 Å². The van der Waals surface area contributed by atoms with Crippen LogP contribution in [0.25, 0.3) is 20.7 Å². The van der Waals surface area contributed by atoms with Gasteiger partial charge < -0.3 is 4.90 Å². The zero-order valence-corrected chi connectivity index (χ0v) is 15.0. The average Bonchev–Trinajstić information content (AvgIpc) is 2.98. The van der Waals surface area contributed by atoms with E-state index in [4.69, 9.17) is 11.6 Å². The summed E-state index contributed by atoms with van der Waals surface area (Å²) in [5.74, 6) is 0.960. The van der Waals surface area contributed by atoms with Crippen LogP contribution < -0.4 is 4.90 Å². The minimum Gasteiger partial charge on any atom is -0.356 e. The monoisotopic (exact) mass is 345 g/mol. The molecule has 0 spiro atoms. The molecule has 120 valence electrons. The van der Waals surface area contributed by atoms with Gasteiger partial charge in [0.1, 0.15) is 10.6 Å². The lowest BCUT2D eigenvalue weighted by atomic mass is 10.2. The highest BCUT2D eigenvalue weighted by Crippen LogP contribution is 2.37. The lowest BCUT2D eigenvalue weighted by Gasteiger charge is -2.23. The van der Waals surface area contributed by atoms with Crippen molar-refractivity contribution in [3.05, 3.63) is 41.7 Å². The van der Waals surface area contributed by atoms with Crippen LogP contribution >= 0.6 is 22.9 Å². The maximum Gasteiger partial charge on any atom is 0.225 e. The van der Waals surface area contributed by atoms with Crippen LogP contribution in [0.3, 0.4) is 0 Å². The number of halogens is 1. The standard InChI is InChI=1S/C18H20ClN3S/c1-3-10-22(11-4-2)16-14-12-15(13-8-6-5-7-9-13)23-17(14)21-18(19)20-16/h5-9,12H,3-4,10-11H2,1-2H3. The Bertz CT molecular complexity index is 780. The second kappa shape index (κ2) is 7.28. The van der Waals surface area contributed by atoms with Crippen molar-refractivity contribution in [1.82, 2.24) is 9.97 Å². The first-order chi connectivity index (χ1) is 11.2. The molecule has 0 aliphatic carbocycles. The third kappa shape index (κ3) is 3.48. The van der Waals surface area contributed by atoms with E-state index in [0.29, 0.717) is 5.28 Å². The van der Waals surface area contributed by atoms with Gasteiger partial charge in [-0.2, -0.15) is 4.98 Å². The van der Waals surface area contributed by atoms with E-state index in [2.05, 4.69) is 59.0 Å². The summed E-state index contributed by atoms with van der Waals surface area (Å²) in [6.45, 7) is 6.33. The van der Waals surface area contributed by atoms with E-state index in [1.807, 2.05) is 6.07 Å². The van der Waals surface area contributed by atoms with Gasteiger partial charge in [-0.15, -0.1) is 11.3 Å². The summed E-state index contributed by atoms with van der Waals surface area (Å²) in [5.41, 5.74) is 1.20. The first kappa shape index (κ1) is 16.2. The Kier molecular flexibility index (Phi) is 5.13. The molecule has 0 aliphatic heterocycles. The van der Waals surface area contributed by atoms with Gasteiger partial charge in [-0.3, -0.25) is 0 Å². The molecule has 0 saturated carbocycles.